The number of pyridine rings is 1. The van der Waals surface area contributed by atoms with Crippen molar-refractivity contribution >= 4 is 22.6 Å². The highest BCUT2D eigenvalue weighted by Gasteiger charge is 2.18. The molecule has 216 valence electrons. The molecule has 0 atom stereocenters. The van der Waals surface area contributed by atoms with Crippen LogP contribution in [0, 0.1) is 11.2 Å². The molecule has 2 aromatic carbocycles. The molecule has 1 fully saturated rings. The van der Waals surface area contributed by atoms with Crippen LogP contribution in [-0.4, -0.2) is 67.0 Å². The molecule has 0 saturated carbocycles. The van der Waals surface area contributed by atoms with E-state index in [2.05, 4.69) is 41.3 Å². The van der Waals surface area contributed by atoms with Gasteiger partial charge < -0.3 is 30.0 Å². The molecule has 9 nitrogen and oxygen atoms in total. The Morgan fingerprint density at radius 1 is 1.12 bits per heavy atom. The third-order valence-electron chi connectivity index (χ3n) is 6.79. The fourth-order valence-electron chi connectivity index (χ4n) is 4.42. The van der Waals surface area contributed by atoms with Crippen LogP contribution in [0.2, 0.25) is 0 Å². The van der Waals surface area contributed by atoms with E-state index >= 15 is 0 Å². The number of rotatable bonds is 10. The largest absolute Gasteiger partial charge is 0.493 e. The molecule has 2 amide bonds. The topological polar surface area (TPSA) is 105 Å². The maximum atomic E-state index is 14.8. The summed E-state index contributed by atoms with van der Waals surface area (Å²) in [6.07, 6.45) is 3.77. The van der Waals surface area contributed by atoms with Crippen LogP contribution in [0.4, 0.5) is 14.9 Å². The molecule has 0 bridgehead atoms. The quantitative estimate of drug-likeness (QED) is 0.301. The number of fused-ring (bicyclic) bond motifs is 1. The van der Waals surface area contributed by atoms with Crippen molar-refractivity contribution in [2.45, 2.75) is 46.1 Å². The number of methoxy groups -OCH3 is 1. The van der Waals surface area contributed by atoms with E-state index in [1.165, 1.54) is 12.1 Å². The number of ether oxygens (including phenoxy) is 3. The lowest BCUT2D eigenvalue weighted by atomic mass is 9.92. The number of benzene rings is 2. The van der Waals surface area contributed by atoms with Gasteiger partial charge in [0.05, 0.1) is 24.4 Å². The Hall–Kier alpha value is -3.63. The Labute approximate surface area is 234 Å². The average molecular weight is 555 g/mol. The zero-order chi connectivity index (χ0) is 28.7. The first kappa shape index (κ1) is 29.4. The fourth-order valence-corrected chi connectivity index (χ4v) is 4.42. The third kappa shape index (κ3) is 8.19. The Balaban J connectivity index is 1.41. The lowest BCUT2D eigenvalue weighted by molar-refractivity contribution is 0.0753. The van der Waals surface area contributed by atoms with Gasteiger partial charge in [0.15, 0.2) is 11.5 Å². The number of nitrogens with one attached hydrogen (secondary N) is 2. The minimum atomic E-state index is -0.613. The van der Waals surface area contributed by atoms with Crippen LogP contribution in [-0.2, 0) is 0 Å². The van der Waals surface area contributed by atoms with E-state index in [1.54, 1.807) is 37.6 Å². The number of carbonyl (C=O) groups excluding carboxylic acids is 1. The second-order valence-electron chi connectivity index (χ2n) is 11.2. The molecule has 1 aliphatic rings. The zero-order valence-corrected chi connectivity index (χ0v) is 23.6. The second kappa shape index (κ2) is 13.1. The SMILES string of the molecule is COc1cc2c(Oc3ccc(NC(=O)NCCC(C)(C)C)c(F)c3)ccnc2cc1OCCN1CCC(O)CC1. The number of aliphatic hydroxyl groups is 1. The normalized spacial score (nSPS) is 14.7. The molecule has 4 rings (SSSR count). The van der Waals surface area contributed by atoms with Crippen molar-refractivity contribution in [2.75, 3.05) is 45.2 Å². The third-order valence-corrected chi connectivity index (χ3v) is 6.79. The standard InChI is InChI=1S/C30H39FN4O5/c1-30(2,3)10-12-33-29(37)34-24-6-5-21(17-23(24)31)40-26-7-11-32-25-19-28(27(38-4)18-22(25)26)39-16-15-35-13-8-20(36)9-14-35/h5-7,11,17-20,36H,8-10,12-16H2,1-4H3,(H2,33,34,37). The molecule has 0 spiro atoms. The summed E-state index contributed by atoms with van der Waals surface area (Å²) in [6, 6.07) is 9.11. The van der Waals surface area contributed by atoms with Gasteiger partial charge in [-0.05, 0) is 48.9 Å². The number of aliphatic hydroxyl groups excluding tert-OH is 1. The predicted octanol–water partition coefficient (Wildman–Crippen LogP) is 5.57. The van der Waals surface area contributed by atoms with Crippen LogP contribution in [0.15, 0.2) is 42.6 Å². The van der Waals surface area contributed by atoms with Crippen LogP contribution in [0.1, 0.15) is 40.0 Å². The van der Waals surface area contributed by atoms with Crippen LogP contribution >= 0.6 is 0 Å². The minimum absolute atomic E-state index is 0.0596. The minimum Gasteiger partial charge on any atom is -0.493 e. The Morgan fingerprint density at radius 3 is 2.60 bits per heavy atom. The Morgan fingerprint density at radius 2 is 1.90 bits per heavy atom. The number of amides is 2. The number of halogens is 1. The molecule has 10 heteroatoms. The number of piperidine rings is 1. The summed E-state index contributed by atoms with van der Waals surface area (Å²) in [6.45, 7) is 9.68. The van der Waals surface area contributed by atoms with Gasteiger partial charge in [0.1, 0.15) is 23.9 Å². The lowest BCUT2D eigenvalue weighted by Gasteiger charge is -2.29. The summed E-state index contributed by atoms with van der Waals surface area (Å²) in [5.41, 5.74) is 0.788. The summed E-state index contributed by atoms with van der Waals surface area (Å²) in [4.78, 5) is 18.9. The zero-order valence-electron chi connectivity index (χ0n) is 23.6. The maximum Gasteiger partial charge on any atom is 0.319 e. The van der Waals surface area contributed by atoms with E-state index in [1.807, 2.05) is 0 Å². The van der Waals surface area contributed by atoms with Gasteiger partial charge in [-0.2, -0.15) is 0 Å². The summed E-state index contributed by atoms with van der Waals surface area (Å²) < 4.78 is 32.4. The van der Waals surface area contributed by atoms with Gasteiger partial charge in [0, 0.05) is 49.9 Å². The number of nitrogens with zero attached hydrogens (tertiary/aromatic N) is 2. The Kier molecular flexibility index (Phi) is 9.65. The molecule has 2 heterocycles. The highest BCUT2D eigenvalue weighted by atomic mass is 19.1. The van der Waals surface area contributed by atoms with Gasteiger partial charge in [-0.3, -0.25) is 9.88 Å². The molecule has 0 radical (unpaired) electrons. The van der Waals surface area contributed by atoms with Crippen LogP contribution < -0.4 is 24.8 Å². The van der Waals surface area contributed by atoms with Crippen molar-refractivity contribution in [3.05, 3.63) is 48.4 Å². The summed E-state index contributed by atoms with van der Waals surface area (Å²) in [5, 5.41) is 15.7. The number of carbonyl (C=O) groups is 1. The second-order valence-corrected chi connectivity index (χ2v) is 11.2. The van der Waals surface area contributed by atoms with Gasteiger partial charge in [0.2, 0.25) is 0 Å². The summed E-state index contributed by atoms with van der Waals surface area (Å²) in [7, 11) is 1.57. The number of hydrogen-bond donors (Lipinski definition) is 3. The van der Waals surface area contributed by atoms with Crippen molar-refractivity contribution in [3.63, 3.8) is 0 Å². The van der Waals surface area contributed by atoms with Crippen molar-refractivity contribution in [1.29, 1.82) is 0 Å². The Bertz CT molecular complexity index is 1310. The fraction of sp³-hybridized carbons (Fsp3) is 0.467. The first-order valence-electron chi connectivity index (χ1n) is 13.6. The summed E-state index contributed by atoms with van der Waals surface area (Å²) in [5.74, 6) is 1.23. The molecule has 3 aromatic rings. The van der Waals surface area contributed by atoms with Gasteiger partial charge in [-0.15, -0.1) is 0 Å². The van der Waals surface area contributed by atoms with E-state index < -0.39 is 11.8 Å². The lowest BCUT2D eigenvalue weighted by Crippen LogP contribution is -2.38. The number of urea groups is 1. The van der Waals surface area contributed by atoms with E-state index in [0.29, 0.717) is 41.3 Å². The maximum absolute atomic E-state index is 14.8. The van der Waals surface area contributed by atoms with Gasteiger partial charge in [-0.25, -0.2) is 9.18 Å². The molecule has 0 unspecified atom stereocenters. The van der Waals surface area contributed by atoms with Gasteiger partial charge in [-0.1, -0.05) is 20.8 Å². The van der Waals surface area contributed by atoms with Crippen LogP contribution in [0.25, 0.3) is 10.9 Å². The predicted molar refractivity (Wildman–Crippen MR) is 153 cm³/mol. The van der Waals surface area contributed by atoms with Crippen LogP contribution in [0.3, 0.4) is 0 Å². The average Bonchev–Trinajstić information content (AvgIpc) is 2.90. The highest BCUT2D eigenvalue weighted by molar-refractivity contribution is 5.90. The van der Waals surface area contributed by atoms with Crippen molar-refractivity contribution in [2.24, 2.45) is 5.41 Å². The molecule has 1 saturated heterocycles. The van der Waals surface area contributed by atoms with Gasteiger partial charge in [0.25, 0.3) is 0 Å². The van der Waals surface area contributed by atoms with E-state index in [4.69, 9.17) is 14.2 Å². The molecule has 3 N–H and O–H groups in total. The monoisotopic (exact) mass is 554 g/mol. The molecular formula is C30H39FN4O5. The highest BCUT2D eigenvalue weighted by Crippen LogP contribution is 2.37. The molecule has 40 heavy (non-hydrogen) atoms. The van der Waals surface area contributed by atoms with Crippen LogP contribution in [0.5, 0.6) is 23.0 Å². The first-order chi connectivity index (χ1) is 19.1. The molecular weight excluding hydrogens is 515 g/mol. The smallest absolute Gasteiger partial charge is 0.319 e. The van der Waals surface area contributed by atoms with Crippen molar-refractivity contribution in [3.8, 4) is 23.0 Å². The van der Waals surface area contributed by atoms with E-state index in [0.717, 1.165) is 38.9 Å². The number of hydrogen-bond acceptors (Lipinski definition) is 7. The van der Waals surface area contributed by atoms with Crippen molar-refractivity contribution < 1.29 is 28.5 Å². The van der Waals surface area contributed by atoms with Gasteiger partial charge >= 0.3 is 6.03 Å². The summed E-state index contributed by atoms with van der Waals surface area (Å²) >= 11 is 0. The first-order valence-corrected chi connectivity index (χ1v) is 13.6. The molecule has 1 aromatic heterocycles. The molecule has 0 aliphatic carbocycles. The van der Waals surface area contributed by atoms with Crippen molar-refractivity contribution in [1.82, 2.24) is 15.2 Å². The van der Waals surface area contributed by atoms with E-state index in [9.17, 15) is 14.3 Å². The van der Waals surface area contributed by atoms with E-state index in [-0.39, 0.29) is 23.0 Å². The number of anilines is 1. The number of aromatic nitrogens is 1. The molecule has 1 aliphatic heterocycles. The number of likely N-dealkylation sites (tertiary alicyclic amines) is 1.